The Labute approximate surface area is 175 Å². The van der Waals surface area contributed by atoms with Gasteiger partial charge in [0.25, 0.3) is 5.91 Å². The molecule has 0 spiro atoms. The lowest BCUT2D eigenvalue weighted by Gasteiger charge is -2.26. The molecule has 3 heterocycles. The number of amides is 3. The minimum atomic E-state index is -0.357. The van der Waals surface area contributed by atoms with Gasteiger partial charge in [0.05, 0.1) is 35.5 Å². The lowest BCUT2D eigenvalue weighted by atomic mass is 10.2. The summed E-state index contributed by atoms with van der Waals surface area (Å²) < 4.78 is 0. The molecule has 0 aliphatic carbocycles. The third-order valence-electron chi connectivity index (χ3n) is 4.39. The summed E-state index contributed by atoms with van der Waals surface area (Å²) >= 11 is 7.23. The van der Waals surface area contributed by atoms with E-state index in [1.807, 2.05) is 0 Å². The molecule has 1 aliphatic heterocycles. The molecule has 1 aromatic carbocycles. The second-order valence-corrected chi connectivity index (χ2v) is 7.94. The number of hydrogen-bond donors (Lipinski definition) is 3. The van der Waals surface area contributed by atoms with Crippen LogP contribution in [0.1, 0.15) is 20.4 Å². The summed E-state index contributed by atoms with van der Waals surface area (Å²) in [6.07, 6.45) is 3.81. The maximum atomic E-state index is 12.6. The summed E-state index contributed by atoms with van der Waals surface area (Å²) in [7, 11) is 0. The second kappa shape index (κ2) is 8.06. The Hall–Kier alpha value is -3.17. The van der Waals surface area contributed by atoms with Gasteiger partial charge in [-0.3, -0.25) is 9.78 Å². The summed E-state index contributed by atoms with van der Waals surface area (Å²) in [6.45, 7) is 0.914. The number of carbonyl (C=O) groups excluding carboxylic acids is 2. The number of anilines is 3. The van der Waals surface area contributed by atoms with Crippen LogP contribution in [-0.2, 0) is 13.0 Å². The van der Waals surface area contributed by atoms with E-state index in [9.17, 15) is 9.59 Å². The Bertz CT molecular complexity index is 1070. The SMILES string of the molecule is Nc1ccc(Cl)cc1NC(=O)c1nc2c(s1)CN(C(=O)Nc1cccnc1)CC2. The molecule has 0 fully saturated rings. The number of nitrogens with two attached hydrogens (primary N) is 1. The summed E-state index contributed by atoms with van der Waals surface area (Å²) in [6, 6.07) is 8.19. The van der Waals surface area contributed by atoms with Gasteiger partial charge in [-0.25, -0.2) is 9.78 Å². The molecule has 3 amide bonds. The highest BCUT2D eigenvalue weighted by atomic mass is 35.5. The minimum absolute atomic E-state index is 0.213. The Morgan fingerprint density at radius 1 is 1.24 bits per heavy atom. The predicted octanol–water partition coefficient (Wildman–Crippen LogP) is 3.62. The predicted molar refractivity (Wildman–Crippen MR) is 113 cm³/mol. The minimum Gasteiger partial charge on any atom is -0.397 e. The van der Waals surface area contributed by atoms with Crippen molar-refractivity contribution in [3.63, 3.8) is 0 Å². The molecule has 0 saturated heterocycles. The molecule has 1 aliphatic rings. The van der Waals surface area contributed by atoms with Crippen molar-refractivity contribution in [1.29, 1.82) is 0 Å². The molecule has 0 atom stereocenters. The van der Waals surface area contributed by atoms with Gasteiger partial charge in [0.15, 0.2) is 5.01 Å². The van der Waals surface area contributed by atoms with Crippen molar-refractivity contribution in [3.8, 4) is 0 Å². The largest absolute Gasteiger partial charge is 0.397 e. The fourth-order valence-electron chi connectivity index (χ4n) is 2.92. The number of nitrogens with zero attached hydrogens (tertiary/aromatic N) is 3. The highest BCUT2D eigenvalue weighted by Crippen LogP contribution is 2.28. The van der Waals surface area contributed by atoms with Gasteiger partial charge in [-0.05, 0) is 30.3 Å². The number of thiazole rings is 1. The van der Waals surface area contributed by atoms with Crippen molar-refractivity contribution in [2.45, 2.75) is 13.0 Å². The summed E-state index contributed by atoms with van der Waals surface area (Å²) in [5.74, 6) is -0.357. The van der Waals surface area contributed by atoms with Gasteiger partial charge < -0.3 is 21.3 Å². The molecule has 0 saturated carbocycles. The highest BCUT2D eigenvalue weighted by molar-refractivity contribution is 7.13. The van der Waals surface area contributed by atoms with E-state index in [2.05, 4.69) is 20.6 Å². The zero-order valence-corrected chi connectivity index (χ0v) is 16.8. The fourth-order valence-corrected chi connectivity index (χ4v) is 4.11. The average molecular weight is 429 g/mol. The van der Waals surface area contributed by atoms with Gasteiger partial charge in [-0.2, -0.15) is 0 Å². The number of carbonyl (C=O) groups is 2. The number of urea groups is 1. The van der Waals surface area contributed by atoms with Crippen LogP contribution in [0.3, 0.4) is 0 Å². The van der Waals surface area contributed by atoms with Crippen LogP contribution in [0.15, 0.2) is 42.7 Å². The van der Waals surface area contributed by atoms with Crippen LogP contribution in [0.4, 0.5) is 21.9 Å². The second-order valence-electron chi connectivity index (χ2n) is 6.42. The number of nitrogen functional groups attached to an aromatic ring is 1. The molecule has 0 bridgehead atoms. The number of aromatic nitrogens is 2. The quantitative estimate of drug-likeness (QED) is 0.551. The average Bonchev–Trinajstić information content (AvgIpc) is 3.15. The van der Waals surface area contributed by atoms with Crippen LogP contribution in [0.2, 0.25) is 5.02 Å². The third kappa shape index (κ3) is 4.30. The molecule has 2 aromatic heterocycles. The standard InChI is InChI=1S/C19H17ClN6O2S/c20-11-3-4-13(21)15(8-11)24-17(27)18-25-14-5-7-26(10-16(14)29-18)19(28)23-12-2-1-6-22-9-12/h1-4,6,8-9H,5,7,10,21H2,(H,23,28)(H,24,27). The topological polar surface area (TPSA) is 113 Å². The molecule has 10 heteroatoms. The Morgan fingerprint density at radius 2 is 2.10 bits per heavy atom. The number of halogens is 1. The van der Waals surface area contributed by atoms with E-state index in [0.29, 0.717) is 46.6 Å². The maximum Gasteiger partial charge on any atom is 0.322 e. The van der Waals surface area contributed by atoms with Crippen LogP contribution in [-0.4, -0.2) is 33.4 Å². The number of nitrogens with one attached hydrogen (secondary N) is 2. The van der Waals surface area contributed by atoms with E-state index in [-0.39, 0.29) is 11.9 Å². The first-order valence-corrected chi connectivity index (χ1v) is 10.00. The molecular formula is C19H17ClN6O2S. The van der Waals surface area contributed by atoms with Crippen LogP contribution in [0.5, 0.6) is 0 Å². The van der Waals surface area contributed by atoms with Crippen LogP contribution in [0, 0.1) is 0 Å². The molecule has 148 valence electrons. The van der Waals surface area contributed by atoms with E-state index in [4.69, 9.17) is 17.3 Å². The van der Waals surface area contributed by atoms with Crippen molar-refractivity contribution in [2.24, 2.45) is 0 Å². The van der Waals surface area contributed by atoms with Crippen LogP contribution in [0.25, 0.3) is 0 Å². The van der Waals surface area contributed by atoms with Gasteiger partial charge in [-0.1, -0.05) is 11.6 Å². The highest BCUT2D eigenvalue weighted by Gasteiger charge is 2.26. The third-order valence-corrected chi connectivity index (χ3v) is 5.71. The molecule has 8 nitrogen and oxygen atoms in total. The number of benzene rings is 1. The number of hydrogen-bond acceptors (Lipinski definition) is 6. The lowest BCUT2D eigenvalue weighted by molar-refractivity contribution is 0.102. The number of fused-ring (bicyclic) bond motifs is 1. The molecule has 3 aromatic rings. The van der Waals surface area contributed by atoms with Gasteiger partial charge in [0.2, 0.25) is 0 Å². The fraction of sp³-hybridized carbons (Fsp3) is 0.158. The van der Waals surface area contributed by atoms with E-state index in [1.54, 1.807) is 47.6 Å². The van der Waals surface area contributed by atoms with Gasteiger partial charge in [0.1, 0.15) is 0 Å². The molecular weight excluding hydrogens is 412 g/mol. The zero-order valence-electron chi connectivity index (χ0n) is 15.2. The van der Waals surface area contributed by atoms with Crippen molar-refractivity contribution >= 4 is 51.9 Å². The number of rotatable bonds is 3. The first-order valence-electron chi connectivity index (χ1n) is 8.80. The monoisotopic (exact) mass is 428 g/mol. The van der Waals surface area contributed by atoms with Gasteiger partial charge in [-0.15, -0.1) is 11.3 Å². The zero-order chi connectivity index (χ0) is 20.4. The van der Waals surface area contributed by atoms with E-state index < -0.39 is 0 Å². The molecule has 4 rings (SSSR count). The smallest absolute Gasteiger partial charge is 0.322 e. The molecule has 4 N–H and O–H groups in total. The lowest BCUT2D eigenvalue weighted by Crippen LogP contribution is -2.38. The molecule has 0 unspecified atom stereocenters. The molecule has 0 radical (unpaired) electrons. The van der Waals surface area contributed by atoms with Crippen LogP contribution >= 0.6 is 22.9 Å². The summed E-state index contributed by atoms with van der Waals surface area (Å²) in [5, 5.41) is 6.36. The normalized spacial score (nSPS) is 12.9. The maximum absolute atomic E-state index is 12.6. The van der Waals surface area contributed by atoms with Gasteiger partial charge >= 0.3 is 6.03 Å². The Kier molecular flexibility index (Phi) is 5.32. The van der Waals surface area contributed by atoms with Crippen LogP contribution < -0.4 is 16.4 Å². The summed E-state index contributed by atoms with van der Waals surface area (Å²) in [4.78, 5) is 36.1. The first-order chi connectivity index (χ1) is 14.0. The van der Waals surface area contributed by atoms with Crippen molar-refractivity contribution in [3.05, 3.63) is 63.3 Å². The Morgan fingerprint density at radius 3 is 2.90 bits per heavy atom. The van der Waals surface area contributed by atoms with E-state index in [0.717, 1.165) is 10.6 Å². The van der Waals surface area contributed by atoms with Crippen molar-refractivity contribution in [2.75, 3.05) is 22.9 Å². The van der Waals surface area contributed by atoms with Crippen molar-refractivity contribution in [1.82, 2.24) is 14.9 Å². The first kappa shape index (κ1) is 19.2. The number of pyridine rings is 1. The van der Waals surface area contributed by atoms with E-state index >= 15 is 0 Å². The van der Waals surface area contributed by atoms with Crippen molar-refractivity contribution < 1.29 is 9.59 Å². The summed E-state index contributed by atoms with van der Waals surface area (Å²) in [5.41, 5.74) is 8.21. The molecule has 29 heavy (non-hydrogen) atoms. The Balaban J connectivity index is 1.44. The van der Waals surface area contributed by atoms with Gasteiger partial charge in [0, 0.05) is 29.1 Å². The van der Waals surface area contributed by atoms with E-state index in [1.165, 1.54) is 11.3 Å².